The molecule has 1 saturated heterocycles. The quantitative estimate of drug-likeness (QED) is 0.827. The summed E-state index contributed by atoms with van der Waals surface area (Å²) >= 11 is 5.57. The van der Waals surface area contributed by atoms with Crippen molar-refractivity contribution in [3.05, 3.63) is 11.6 Å². The molecule has 0 spiro atoms. The van der Waals surface area contributed by atoms with Gasteiger partial charge in [-0.05, 0) is 18.3 Å². The molecule has 0 bridgehead atoms. The van der Waals surface area contributed by atoms with E-state index in [0.717, 1.165) is 12.8 Å². The summed E-state index contributed by atoms with van der Waals surface area (Å²) in [4.78, 5) is 24.7. The third-order valence-corrected chi connectivity index (χ3v) is 3.33. The van der Waals surface area contributed by atoms with E-state index >= 15 is 0 Å². The zero-order valence-electron chi connectivity index (χ0n) is 10.7. The predicted molar refractivity (Wildman–Crippen MR) is 69.5 cm³/mol. The first-order chi connectivity index (χ1) is 8.25. The lowest BCUT2D eigenvalue weighted by Crippen LogP contribution is -2.58. The SMILES string of the molecule is C=C(Cl)CNC(=O)N1CCCC(C)(C)C1C(=O)O. The second-order valence-electron chi connectivity index (χ2n) is 5.20. The molecule has 2 amide bonds. The van der Waals surface area contributed by atoms with Crippen molar-refractivity contribution in [2.45, 2.75) is 32.7 Å². The Hall–Kier alpha value is -1.23. The molecule has 102 valence electrons. The van der Waals surface area contributed by atoms with Crippen molar-refractivity contribution in [1.82, 2.24) is 10.2 Å². The number of carboxylic acids is 1. The number of amides is 2. The number of rotatable bonds is 3. The van der Waals surface area contributed by atoms with Crippen molar-refractivity contribution in [3.8, 4) is 0 Å². The van der Waals surface area contributed by atoms with E-state index in [1.165, 1.54) is 4.90 Å². The molecule has 0 aromatic rings. The highest BCUT2D eigenvalue weighted by Gasteiger charge is 2.44. The Bertz CT molecular complexity index is 368. The van der Waals surface area contributed by atoms with Gasteiger partial charge in [0.1, 0.15) is 6.04 Å². The van der Waals surface area contributed by atoms with Gasteiger partial charge in [-0.2, -0.15) is 0 Å². The summed E-state index contributed by atoms with van der Waals surface area (Å²) in [5, 5.41) is 12.2. The van der Waals surface area contributed by atoms with Crippen LogP contribution in [0.1, 0.15) is 26.7 Å². The van der Waals surface area contributed by atoms with Crippen molar-refractivity contribution >= 4 is 23.6 Å². The van der Waals surface area contributed by atoms with Crippen LogP contribution >= 0.6 is 11.6 Å². The fraction of sp³-hybridized carbons (Fsp3) is 0.667. The maximum Gasteiger partial charge on any atom is 0.327 e. The number of carbonyl (C=O) groups is 2. The maximum absolute atomic E-state index is 12.0. The zero-order chi connectivity index (χ0) is 13.9. The smallest absolute Gasteiger partial charge is 0.327 e. The minimum absolute atomic E-state index is 0.143. The number of nitrogens with one attached hydrogen (secondary N) is 1. The molecule has 0 saturated carbocycles. The molecule has 0 radical (unpaired) electrons. The molecule has 1 heterocycles. The Morgan fingerprint density at radius 1 is 1.56 bits per heavy atom. The average Bonchev–Trinajstić information content (AvgIpc) is 2.23. The van der Waals surface area contributed by atoms with Crippen LogP contribution in [0.2, 0.25) is 0 Å². The van der Waals surface area contributed by atoms with Crippen molar-refractivity contribution in [2.75, 3.05) is 13.1 Å². The number of hydrogen-bond donors (Lipinski definition) is 2. The van der Waals surface area contributed by atoms with Gasteiger partial charge in [-0.25, -0.2) is 9.59 Å². The molecule has 1 atom stereocenters. The topological polar surface area (TPSA) is 69.6 Å². The fourth-order valence-electron chi connectivity index (χ4n) is 2.35. The number of halogens is 1. The van der Waals surface area contributed by atoms with Crippen LogP contribution in [0.5, 0.6) is 0 Å². The van der Waals surface area contributed by atoms with Gasteiger partial charge >= 0.3 is 12.0 Å². The van der Waals surface area contributed by atoms with Crippen LogP contribution < -0.4 is 5.32 Å². The summed E-state index contributed by atoms with van der Waals surface area (Å²) in [5.74, 6) is -0.973. The van der Waals surface area contributed by atoms with E-state index in [4.69, 9.17) is 11.6 Å². The van der Waals surface area contributed by atoms with Crippen LogP contribution in [0, 0.1) is 5.41 Å². The third kappa shape index (κ3) is 3.38. The molecule has 1 unspecified atom stereocenters. The van der Waals surface area contributed by atoms with E-state index in [9.17, 15) is 14.7 Å². The van der Waals surface area contributed by atoms with Crippen molar-refractivity contribution < 1.29 is 14.7 Å². The number of carboxylic acid groups (broad SMARTS) is 1. The molecule has 1 fully saturated rings. The van der Waals surface area contributed by atoms with E-state index in [2.05, 4.69) is 11.9 Å². The predicted octanol–water partition coefficient (Wildman–Crippen LogP) is 2.02. The molecular weight excluding hydrogens is 256 g/mol. The lowest BCUT2D eigenvalue weighted by molar-refractivity contribution is -0.148. The normalized spacial score (nSPS) is 22.4. The van der Waals surface area contributed by atoms with E-state index in [1.54, 1.807) is 0 Å². The van der Waals surface area contributed by atoms with E-state index in [0.29, 0.717) is 11.6 Å². The molecule has 0 aromatic heterocycles. The van der Waals surface area contributed by atoms with Crippen LogP contribution in [0.25, 0.3) is 0 Å². The lowest BCUT2D eigenvalue weighted by Gasteiger charge is -2.43. The van der Waals surface area contributed by atoms with Gasteiger partial charge in [0.2, 0.25) is 0 Å². The summed E-state index contributed by atoms with van der Waals surface area (Å²) in [6.45, 7) is 7.79. The van der Waals surface area contributed by atoms with Gasteiger partial charge in [0.25, 0.3) is 0 Å². The second-order valence-corrected chi connectivity index (χ2v) is 5.74. The minimum atomic E-state index is -0.973. The fourth-order valence-corrected chi connectivity index (χ4v) is 2.42. The van der Waals surface area contributed by atoms with Crippen LogP contribution in [0.15, 0.2) is 11.6 Å². The first kappa shape index (κ1) is 14.8. The highest BCUT2D eigenvalue weighted by Crippen LogP contribution is 2.35. The van der Waals surface area contributed by atoms with Crippen LogP contribution in [-0.4, -0.2) is 41.1 Å². The Labute approximate surface area is 112 Å². The van der Waals surface area contributed by atoms with Gasteiger partial charge in [0, 0.05) is 11.6 Å². The lowest BCUT2D eigenvalue weighted by atomic mass is 9.76. The Kier molecular flexibility index (Phi) is 4.62. The number of piperidine rings is 1. The largest absolute Gasteiger partial charge is 0.480 e. The summed E-state index contributed by atoms with van der Waals surface area (Å²) in [7, 11) is 0. The molecule has 6 heteroatoms. The molecule has 1 aliphatic heterocycles. The molecule has 1 rings (SSSR count). The summed E-state index contributed by atoms with van der Waals surface area (Å²) in [6.07, 6.45) is 1.59. The summed E-state index contributed by atoms with van der Waals surface area (Å²) in [6, 6.07) is -1.22. The van der Waals surface area contributed by atoms with E-state index < -0.39 is 23.5 Å². The molecule has 1 aliphatic rings. The third-order valence-electron chi connectivity index (χ3n) is 3.20. The van der Waals surface area contributed by atoms with Gasteiger partial charge < -0.3 is 15.3 Å². The number of likely N-dealkylation sites (tertiary alicyclic amines) is 1. The van der Waals surface area contributed by atoms with Crippen molar-refractivity contribution in [2.24, 2.45) is 5.41 Å². The molecule has 0 aliphatic carbocycles. The maximum atomic E-state index is 12.0. The number of carbonyl (C=O) groups excluding carboxylic acids is 1. The summed E-state index contributed by atoms with van der Waals surface area (Å²) < 4.78 is 0. The highest BCUT2D eigenvalue weighted by molar-refractivity contribution is 6.29. The number of urea groups is 1. The molecule has 5 nitrogen and oxygen atoms in total. The van der Waals surface area contributed by atoms with E-state index in [1.807, 2.05) is 13.8 Å². The highest BCUT2D eigenvalue weighted by atomic mass is 35.5. The number of hydrogen-bond acceptors (Lipinski definition) is 2. The standard InChI is InChI=1S/C12H19ClN2O3/c1-8(13)7-14-11(18)15-6-4-5-12(2,3)9(15)10(16)17/h9H,1,4-7H2,2-3H3,(H,14,18)(H,16,17). The molecular formula is C12H19ClN2O3. The summed E-state index contributed by atoms with van der Waals surface area (Å²) in [5.41, 5.74) is -0.431. The molecule has 0 aromatic carbocycles. The van der Waals surface area contributed by atoms with E-state index in [-0.39, 0.29) is 6.54 Å². The minimum Gasteiger partial charge on any atom is -0.480 e. The van der Waals surface area contributed by atoms with Gasteiger partial charge in [0.05, 0.1) is 6.54 Å². The Morgan fingerprint density at radius 3 is 2.67 bits per heavy atom. The van der Waals surface area contributed by atoms with Crippen LogP contribution in [0.3, 0.4) is 0 Å². The Morgan fingerprint density at radius 2 is 2.17 bits per heavy atom. The first-order valence-electron chi connectivity index (χ1n) is 5.86. The van der Waals surface area contributed by atoms with Gasteiger partial charge in [-0.3, -0.25) is 0 Å². The Balaban J connectivity index is 2.81. The average molecular weight is 275 g/mol. The number of nitrogens with zero attached hydrogens (tertiary/aromatic N) is 1. The van der Waals surface area contributed by atoms with Gasteiger partial charge in [-0.1, -0.05) is 32.0 Å². The monoisotopic (exact) mass is 274 g/mol. The first-order valence-corrected chi connectivity index (χ1v) is 6.24. The number of aliphatic carboxylic acids is 1. The van der Waals surface area contributed by atoms with Gasteiger partial charge in [0.15, 0.2) is 0 Å². The van der Waals surface area contributed by atoms with Gasteiger partial charge in [-0.15, -0.1) is 0 Å². The van der Waals surface area contributed by atoms with Crippen molar-refractivity contribution in [3.63, 3.8) is 0 Å². The van der Waals surface area contributed by atoms with Crippen LogP contribution in [-0.2, 0) is 4.79 Å². The molecule has 2 N–H and O–H groups in total. The molecule has 18 heavy (non-hydrogen) atoms. The van der Waals surface area contributed by atoms with Crippen LogP contribution in [0.4, 0.5) is 4.79 Å². The van der Waals surface area contributed by atoms with Crippen molar-refractivity contribution in [1.29, 1.82) is 0 Å². The zero-order valence-corrected chi connectivity index (χ0v) is 11.5. The second kappa shape index (κ2) is 5.61.